The lowest BCUT2D eigenvalue weighted by Crippen LogP contribution is -2.08. The van der Waals surface area contributed by atoms with E-state index in [2.05, 4.69) is 10.6 Å². The molecule has 0 aliphatic rings. The van der Waals surface area contributed by atoms with Gasteiger partial charge in [-0.2, -0.15) is 0 Å². The number of nitrogens with one attached hydrogen (secondary N) is 2. The first-order valence-corrected chi connectivity index (χ1v) is 6.93. The number of hydrogen-bond donors (Lipinski definition) is 3. The molecule has 3 N–H and O–H groups in total. The van der Waals surface area contributed by atoms with Crippen molar-refractivity contribution in [2.75, 3.05) is 17.7 Å². The van der Waals surface area contributed by atoms with Crippen molar-refractivity contribution in [3.8, 4) is 11.5 Å². The summed E-state index contributed by atoms with van der Waals surface area (Å²) in [5.41, 5.74) is 1.60. The van der Waals surface area contributed by atoms with Gasteiger partial charge in [0.2, 0.25) is 5.91 Å². The summed E-state index contributed by atoms with van der Waals surface area (Å²) in [5.74, 6) is 0.433. The van der Waals surface area contributed by atoms with Crippen LogP contribution in [0.3, 0.4) is 0 Å². The van der Waals surface area contributed by atoms with Crippen molar-refractivity contribution in [1.82, 2.24) is 0 Å². The topological polar surface area (TPSA) is 70.6 Å². The molecule has 0 aliphatic heterocycles. The smallest absolute Gasteiger partial charge is 0.221 e. The van der Waals surface area contributed by atoms with Crippen molar-refractivity contribution < 1.29 is 14.6 Å². The number of ether oxygens (including phenoxy) is 1. The molecule has 0 spiro atoms. The Balaban J connectivity index is 2.03. The Labute approximate surface area is 121 Å². The molecule has 2 aromatic rings. The van der Waals surface area contributed by atoms with Crippen LogP contribution in [0.1, 0.15) is 11.8 Å². The van der Waals surface area contributed by atoms with Crippen molar-refractivity contribution in [3.05, 3.63) is 34.5 Å². The highest BCUT2D eigenvalue weighted by atomic mass is 32.1. The molecule has 0 fully saturated rings. The van der Waals surface area contributed by atoms with Crippen LogP contribution in [-0.4, -0.2) is 18.1 Å². The monoisotopic (exact) mass is 292 g/mol. The highest BCUT2D eigenvalue weighted by Gasteiger charge is 2.07. The molecule has 6 heteroatoms. The lowest BCUT2D eigenvalue weighted by atomic mass is 10.2. The minimum absolute atomic E-state index is 0.0887. The lowest BCUT2D eigenvalue weighted by molar-refractivity contribution is -0.114. The highest BCUT2D eigenvalue weighted by molar-refractivity contribution is 7.10. The predicted octanol–water partition coefficient (Wildman–Crippen LogP) is 3.03. The fourth-order valence-corrected chi connectivity index (χ4v) is 2.53. The van der Waals surface area contributed by atoms with E-state index < -0.39 is 0 Å². The molecule has 0 atom stereocenters. The number of amides is 1. The number of anilines is 2. The number of carbonyl (C=O) groups excluding carboxylic acids is 1. The summed E-state index contributed by atoms with van der Waals surface area (Å²) in [4.78, 5) is 12.1. The van der Waals surface area contributed by atoms with Gasteiger partial charge in [-0.15, -0.1) is 11.3 Å². The van der Waals surface area contributed by atoms with Crippen LogP contribution in [0, 0.1) is 0 Å². The summed E-state index contributed by atoms with van der Waals surface area (Å²) in [6, 6.07) is 6.99. The SMILES string of the molecule is COc1ccc(NCc2sccc2NC(C)=O)cc1O. The molecule has 0 bridgehead atoms. The highest BCUT2D eigenvalue weighted by Crippen LogP contribution is 2.29. The quantitative estimate of drug-likeness (QED) is 0.792. The molecule has 1 amide bonds. The van der Waals surface area contributed by atoms with Gasteiger partial charge in [-0.25, -0.2) is 0 Å². The second-order valence-corrected chi connectivity index (χ2v) is 5.18. The van der Waals surface area contributed by atoms with Crippen molar-refractivity contribution in [2.24, 2.45) is 0 Å². The van der Waals surface area contributed by atoms with E-state index >= 15 is 0 Å². The molecule has 0 saturated carbocycles. The molecular formula is C14H16N2O3S. The number of hydrogen-bond acceptors (Lipinski definition) is 5. The Kier molecular flexibility index (Phi) is 4.47. The summed E-state index contributed by atoms with van der Waals surface area (Å²) in [7, 11) is 1.51. The average Bonchev–Trinajstić information content (AvgIpc) is 2.83. The Morgan fingerprint density at radius 1 is 1.40 bits per heavy atom. The van der Waals surface area contributed by atoms with E-state index in [-0.39, 0.29) is 11.7 Å². The van der Waals surface area contributed by atoms with E-state index in [1.54, 1.807) is 23.5 Å². The molecule has 2 rings (SSSR count). The maximum absolute atomic E-state index is 11.1. The van der Waals surface area contributed by atoms with E-state index in [0.29, 0.717) is 12.3 Å². The average molecular weight is 292 g/mol. The third-order valence-corrected chi connectivity index (χ3v) is 3.61. The largest absolute Gasteiger partial charge is 0.504 e. The number of methoxy groups -OCH3 is 1. The van der Waals surface area contributed by atoms with Gasteiger partial charge in [0.05, 0.1) is 19.3 Å². The van der Waals surface area contributed by atoms with Crippen LogP contribution >= 0.6 is 11.3 Å². The summed E-state index contributed by atoms with van der Waals surface area (Å²) in [5, 5.41) is 17.6. The predicted molar refractivity (Wildman–Crippen MR) is 80.6 cm³/mol. The lowest BCUT2D eigenvalue weighted by Gasteiger charge is -2.09. The van der Waals surface area contributed by atoms with E-state index in [1.165, 1.54) is 14.0 Å². The summed E-state index contributed by atoms with van der Waals surface area (Å²) in [6.45, 7) is 2.05. The number of phenols is 1. The minimum Gasteiger partial charge on any atom is -0.504 e. The first kappa shape index (κ1) is 14.2. The Morgan fingerprint density at radius 3 is 2.85 bits per heavy atom. The van der Waals surface area contributed by atoms with Gasteiger partial charge in [0.1, 0.15) is 0 Å². The molecule has 0 radical (unpaired) electrons. The normalized spacial score (nSPS) is 10.1. The van der Waals surface area contributed by atoms with Crippen molar-refractivity contribution in [1.29, 1.82) is 0 Å². The van der Waals surface area contributed by atoms with Crippen molar-refractivity contribution in [2.45, 2.75) is 13.5 Å². The Bertz CT molecular complexity index is 610. The van der Waals surface area contributed by atoms with E-state index in [9.17, 15) is 9.90 Å². The van der Waals surface area contributed by atoms with Gasteiger partial charge in [0.25, 0.3) is 0 Å². The zero-order chi connectivity index (χ0) is 14.5. The molecule has 5 nitrogen and oxygen atoms in total. The molecule has 106 valence electrons. The molecule has 0 unspecified atom stereocenters. The molecule has 1 heterocycles. The number of thiophene rings is 1. The van der Waals surface area contributed by atoms with Gasteiger partial charge in [0.15, 0.2) is 11.5 Å². The fraction of sp³-hybridized carbons (Fsp3) is 0.214. The molecule has 0 aliphatic carbocycles. The second-order valence-electron chi connectivity index (χ2n) is 4.18. The van der Waals surface area contributed by atoms with Crippen LogP contribution in [0.2, 0.25) is 0 Å². The summed E-state index contributed by atoms with van der Waals surface area (Å²) in [6.07, 6.45) is 0. The van der Waals surface area contributed by atoms with Gasteiger partial charge in [-0.05, 0) is 23.6 Å². The maximum atomic E-state index is 11.1. The standard InChI is InChI=1S/C14H16N2O3S/c1-9(17)16-11-5-6-20-14(11)8-15-10-3-4-13(19-2)12(18)7-10/h3-7,15,18H,8H2,1-2H3,(H,16,17). The number of aromatic hydroxyl groups is 1. The zero-order valence-corrected chi connectivity index (χ0v) is 12.1. The molecule has 20 heavy (non-hydrogen) atoms. The van der Waals surface area contributed by atoms with Crippen molar-refractivity contribution >= 4 is 28.6 Å². The number of benzene rings is 1. The van der Waals surface area contributed by atoms with Crippen LogP contribution in [-0.2, 0) is 11.3 Å². The summed E-state index contributed by atoms with van der Waals surface area (Å²) < 4.78 is 4.99. The van der Waals surface area contributed by atoms with Gasteiger partial charge < -0.3 is 20.5 Å². The second kappa shape index (κ2) is 6.29. The van der Waals surface area contributed by atoms with Crippen LogP contribution < -0.4 is 15.4 Å². The molecule has 1 aromatic carbocycles. The van der Waals surface area contributed by atoms with Gasteiger partial charge in [0, 0.05) is 23.6 Å². The first-order chi connectivity index (χ1) is 9.60. The minimum atomic E-state index is -0.0910. The number of carbonyl (C=O) groups is 1. The molecule has 0 saturated heterocycles. The van der Waals surface area contributed by atoms with E-state index in [0.717, 1.165) is 16.3 Å². The van der Waals surface area contributed by atoms with Crippen LogP contribution in [0.4, 0.5) is 11.4 Å². The third kappa shape index (κ3) is 3.42. The Morgan fingerprint density at radius 2 is 2.20 bits per heavy atom. The Hall–Kier alpha value is -2.21. The first-order valence-electron chi connectivity index (χ1n) is 6.05. The van der Waals surface area contributed by atoms with Gasteiger partial charge in [-0.3, -0.25) is 4.79 Å². The maximum Gasteiger partial charge on any atom is 0.221 e. The fourth-order valence-electron chi connectivity index (χ4n) is 1.76. The molecule has 1 aromatic heterocycles. The number of phenolic OH excluding ortho intramolecular Hbond substituents is 1. The summed E-state index contributed by atoms with van der Waals surface area (Å²) >= 11 is 1.56. The van der Waals surface area contributed by atoms with E-state index in [1.807, 2.05) is 17.5 Å². The molecular weight excluding hydrogens is 276 g/mol. The van der Waals surface area contributed by atoms with Gasteiger partial charge >= 0.3 is 0 Å². The zero-order valence-electron chi connectivity index (χ0n) is 11.3. The number of rotatable bonds is 5. The van der Waals surface area contributed by atoms with Gasteiger partial charge in [-0.1, -0.05) is 0 Å². The van der Waals surface area contributed by atoms with E-state index in [4.69, 9.17) is 4.74 Å². The van der Waals surface area contributed by atoms with Crippen LogP contribution in [0.5, 0.6) is 11.5 Å². The van der Waals surface area contributed by atoms with Crippen LogP contribution in [0.25, 0.3) is 0 Å². The van der Waals surface area contributed by atoms with Crippen molar-refractivity contribution in [3.63, 3.8) is 0 Å². The van der Waals surface area contributed by atoms with Crippen LogP contribution in [0.15, 0.2) is 29.6 Å². The third-order valence-electron chi connectivity index (χ3n) is 2.69.